The van der Waals surface area contributed by atoms with Gasteiger partial charge in [-0.1, -0.05) is 46.9 Å². The van der Waals surface area contributed by atoms with Crippen molar-refractivity contribution < 1.29 is 4.79 Å². The number of nitrogens with one attached hydrogen (secondary N) is 3. The molecule has 146 valence electrons. The highest BCUT2D eigenvalue weighted by Gasteiger charge is 2.13. The number of rotatable bonds is 4. The highest BCUT2D eigenvalue weighted by molar-refractivity contribution is 6.39. The standard InChI is InChI=1S/C21H15Cl3N4O/c1-11-13(22)4-3-7-16(11)25-20(29)12-8-9-17-18(10-12)27-21(26-17)28-19-14(23)5-2-6-15(19)24/h2-10H,1H3,(H,25,29)(H2,26,27,28). The number of aromatic nitrogens is 2. The number of H-pyrrole nitrogens is 1. The maximum Gasteiger partial charge on any atom is 0.255 e. The van der Waals surface area contributed by atoms with Crippen LogP contribution in [-0.2, 0) is 0 Å². The molecule has 3 N–H and O–H groups in total. The smallest absolute Gasteiger partial charge is 0.255 e. The van der Waals surface area contributed by atoms with Crippen LogP contribution in [0.2, 0.25) is 15.1 Å². The number of para-hydroxylation sites is 1. The molecule has 4 rings (SSSR count). The van der Waals surface area contributed by atoms with E-state index in [0.29, 0.717) is 43.5 Å². The van der Waals surface area contributed by atoms with Gasteiger partial charge in [0.15, 0.2) is 0 Å². The van der Waals surface area contributed by atoms with Crippen molar-refractivity contribution in [3.8, 4) is 0 Å². The first kappa shape index (κ1) is 19.6. The van der Waals surface area contributed by atoms with Gasteiger partial charge < -0.3 is 15.6 Å². The second kappa shape index (κ2) is 7.95. The molecule has 0 aliphatic heterocycles. The van der Waals surface area contributed by atoms with E-state index in [2.05, 4.69) is 20.6 Å². The second-order valence-electron chi connectivity index (χ2n) is 6.41. The Kier molecular flexibility index (Phi) is 5.37. The Morgan fingerprint density at radius 1 is 0.966 bits per heavy atom. The third-order valence-corrected chi connectivity index (χ3v) is 5.51. The van der Waals surface area contributed by atoms with Crippen LogP contribution in [0.3, 0.4) is 0 Å². The van der Waals surface area contributed by atoms with Gasteiger partial charge in [-0.25, -0.2) is 4.98 Å². The summed E-state index contributed by atoms with van der Waals surface area (Å²) in [7, 11) is 0. The fourth-order valence-electron chi connectivity index (χ4n) is 2.88. The molecule has 0 saturated carbocycles. The van der Waals surface area contributed by atoms with Gasteiger partial charge in [0.1, 0.15) is 0 Å². The van der Waals surface area contributed by atoms with Crippen molar-refractivity contribution in [3.05, 3.63) is 80.8 Å². The fraction of sp³-hybridized carbons (Fsp3) is 0.0476. The predicted molar refractivity (Wildman–Crippen MR) is 120 cm³/mol. The van der Waals surface area contributed by atoms with Gasteiger partial charge >= 0.3 is 0 Å². The largest absolute Gasteiger partial charge is 0.324 e. The average Bonchev–Trinajstić information content (AvgIpc) is 3.10. The van der Waals surface area contributed by atoms with Crippen molar-refractivity contribution in [1.29, 1.82) is 0 Å². The summed E-state index contributed by atoms with van der Waals surface area (Å²) in [5.74, 6) is 0.224. The van der Waals surface area contributed by atoms with Crippen molar-refractivity contribution in [2.24, 2.45) is 0 Å². The lowest BCUT2D eigenvalue weighted by molar-refractivity contribution is 0.102. The van der Waals surface area contributed by atoms with E-state index in [1.54, 1.807) is 48.5 Å². The molecule has 1 amide bonds. The van der Waals surface area contributed by atoms with Crippen molar-refractivity contribution >= 4 is 69.1 Å². The van der Waals surface area contributed by atoms with Crippen molar-refractivity contribution in [3.63, 3.8) is 0 Å². The molecule has 5 nitrogen and oxygen atoms in total. The molecule has 0 aliphatic carbocycles. The van der Waals surface area contributed by atoms with Gasteiger partial charge in [0, 0.05) is 16.3 Å². The van der Waals surface area contributed by atoms with Crippen LogP contribution in [0.25, 0.3) is 11.0 Å². The summed E-state index contributed by atoms with van der Waals surface area (Å²) in [4.78, 5) is 20.3. The number of imidazole rings is 1. The summed E-state index contributed by atoms with van der Waals surface area (Å²) in [6.07, 6.45) is 0. The highest BCUT2D eigenvalue weighted by atomic mass is 35.5. The number of benzene rings is 3. The Labute approximate surface area is 182 Å². The number of carbonyl (C=O) groups is 1. The molecule has 0 aliphatic rings. The second-order valence-corrected chi connectivity index (χ2v) is 7.63. The number of amides is 1. The molecule has 0 atom stereocenters. The van der Waals surface area contributed by atoms with E-state index in [0.717, 1.165) is 11.1 Å². The van der Waals surface area contributed by atoms with Crippen LogP contribution >= 0.6 is 34.8 Å². The lowest BCUT2D eigenvalue weighted by Gasteiger charge is -2.09. The van der Waals surface area contributed by atoms with Crippen molar-refractivity contribution in [2.75, 3.05) is 10.6 Å². The Bertz CT molecular complexity index is 1220. The van der Waals surface area contributed by atoms with Crippen LogP contribution in [0, 0.1) is 6.92 Å². The first-order valence-corrected chi connectivity index (χ1v) is 9.83. The van der Waals surface area contributed by atoms with Crippen LogP contribution in [0.4, 0.5) is 17.3 Å². The molecular formula is C21H15Cl3N4O. The number of hydrogen-bond donors (Lipinski definition) is 3. The normalized spacial score (nSPS) is 10.9. The molecule has 0 fully saturated rings. The summed E-state index contributed by atoms with van der Waals surface area (Å²) >= 11 is 18.5. The van der Waals surface area contributed by atoms with Crippen LogP contribution in [0.1, 0.15) is 15.9 Å². The number of fused-ring (bicyclic) bond motifs is 1. The first-order valence-electron chi connectivity index (χ1n) is 8.69. The van der Waals surface area contributed by atoms with Crippen LogP contribution in [0.5, 0.6) is 0 Å². The average molecular weight is 446 g/mol. The van der Waals surface area contributed by atoms with Crippen LogP contribution < -0.4 is 10.6 Å². The van der Waals surface area contributed by atoms with E-state index >= 15 is 0 Å². The number of hydrogen-bond acceptors (Lipinski definition) is 3. The minimum absolute atomic E-state index is 0.246. The molecule has 1 aromatic heterocycles. The summed E-state index contributed by atoms with van der Waals surface area (Å²) < 4.78 is 0. The van der Waals surface area contributed by atoms with E-state index < -0.39 is 0 Å². The Morgan fingerprint density at radius 3 is 2.41 bits per heavy atom. The zero-order valence-electron chi connectivity index (χ0n) is 15.2. The monoisotopic (exact) mass is 444 g/mol. The number of aromatic amines is 1. The van der Waals surface area contributed by atoms with Gasteiger partial charge in [0.25, 0.3) is 5.91 Å². The minimum Gasteiger partial charge on any atom is -0.324 e. The lowest BCUT2D eigenvalue weighted by atomic mass is 10.1. The number of nitrogens with zero attached hydrogens (tertiary/aromatic N) is 1. The van der Waals surface area contributed by atoms with Gasteiger partial charge in [-0.05, 0) is 55.0 Å². The molecule has 3 aromatic carbocycles. The van der Waals surface area contributed by atoms with Gasteiger partial charge in [0.2, 0.25) is 5.95 Å². The molecular weight excluding hydrogens is 431 g/mol. The fourth-order valence-corrected chi connectivity index (χ4v) is 3.55. The topological polar surface area (TPSA) is 69.8 Å². The Balaban J connectivity index is 1.60. The maximum absolute atomic E-state index is 12.7. The molecule has 0 radical (unpaired) electrons. The third-order valence-electron chi connectivity index (χ3n) is 4.47. The third kappa shape index (κ3) is 4.03. The molecule has 29 heavy (non-hydrogen) atoms. The van der Waals surface area contributed by atoms with Crippen molar-refractivity contribution in [2.45, 2.75) is 6.92 Å². The number of anilines is 3. The molecule has 0 spiro atoms. The summed E-state index contributed by atoms with van der Waals surface area (Å²) in [5.41, 5.74) is 3.92. The predicted octanol–water partition coefficient (Wildman–Crippen LogP) is 6.83. The summed E-state index contributed by atoms with van der Waals surface area (Å²) in [6, 6.07) is 15.8. The number of carbonyl (C=O) groups excluding carboxylic acids is 1. The van der Waals surface area contributed by atoms with E-state index in [1.165, 1.54) is 0 Å². The quantitative estimate of drug-likeness (QED) is 0.322. The molecule has 0 saturated heterocycles. The van der Waals surface area contributed by atoms with E-state index in [9.17, 15) is 4.79 Å². The molecule has 0 unspecified atom stereocenters. The summed E-state index contributed by atoms with van der Waals surface area (Å²) in [6.45, 7) is 1.85. The SMILES string of the molecule is Cc1c(Cl)cccc1NC(=O)c1ccc2[nH]c(Nc3c(Cl)cccc3Cl)nc2c1. The first-order chi connectivity index (χ1) is 13.9. The van der Waals surface area contributed by atoms with Crippen LogP contribution in [-0.4, -0.2) is 15.9 Å². The minimum atomic E-state index is -0.246. The molecule has 0 bridgehead atoms. The Morgan fingerprint density at radius 2 is 1.66 bits per heavy atom. The lowest BCUT2D eigenvalue weighted by Crippen LogP contribution is -2.12. The highest BCUT2D eigenvalue weighted by Crippen LogP contribution is 2.32. The van der Waals surface area contributed by atoms with E-state index in [1.807, 2.05) is 13.0 Å². The van der Waals surface area contributed by atoms with Crippen LogP contribution in [0.15, 0.2) is 54.6 Å². The van der Waals surface area contributed by atoms with Gasteiger partial charge in [0.05, 0.1) is 26.8 Å². The van der Waals surface area contributed by atoms with E-state index in [4.69, 9.17) is 34.8 Å². The zero-order valence-corrected chi connectivity index (χ0v) is 17.5. The van der Waals surface area contributed by atoms with E-state index in [-0.39, 0.29) is 5.91 Å². The number of halogens is 3. The van der Waals surface area contributed by atoms with Gasteiger partial charge in [-0.15, -0.1) is 0 Å². The van der Waals surface area contributed by atoms with Gasteiger partial charge in [-0.3, -0.25) is 4.79 Å². The molecule has 8 heteroatoms. The molecule has 1 heterocycles. The zero-order chi connectivity index (χ0) is 20.5. The maximum atomic E-state index is 12.7. The summed E-state index contributed by atoms with van der Waals surface area (Å²) in [5, 5.41) is 7.53. The molecule has 4 aromatic rings. The van der Waals surface area contributed by atoms with Crippen molar-refractivity contribution in [1.82, 2.24) is 9.97 Å². The Hall–Kier alpha value is -2.73. The van der Waals surface area contributed by atoms with Gasteiger partial charge in [-0.2, -0.15) is 0 Å².